The Labute approximate surface area is 77.3 Å². The number of piperidine rings is 1. The molecule has 0 aromatic carbocycles. The van der Waals surface area contributed by atoms with Crippen molar-refractivity contribution in [3.63, 3.8) is 0 Å². The second-order valence-electron chi connectivity index (χ2n) is 4.36. The van der Waals surface area contributed by atoms with Crippen LogP contribution in [0.4, 0.5) is 0 Å². The normalized spacial score (nSPS) is 35.0. The summed E-state index contributed by atoms with van der Waals surface area (Å²) in [6.07, 6.45) is 6.95. The van der Waals surface area contributed by atoms with E-state index in [0.29, 0.717) is 5.54 Å². The van der Waals surface area contributed by atoms with Crippen molar-refractivity contribution in [2.75, 3.05) is 13.6 Å². The monoisotopic (exact) mass is 186 g/mol. The summed E-state index contributed by atoms with van der Waals surface area (Å²) < 4.78 is 0. The second-order valence-corrected chi connectivity index (χ2v) is 4.69. The molecule has 2 atom stereocenters. The molecule has 2 fully saturated rings. The third kappa shape index (κ3) is 1.30. The molecule has 12 heavy (non-hydrogen) atoms. The minimum atomic E-state index is 0.590. The molecule has 1 aliphatic heterocycles. The molecule has 70 valence electrons. The number of likely N-dealkylation sites (tertiary alicyclic amines) is 1. The molecule has 2 nitrogen and oxygen atoms in total. The van der Waals surface area contributed by atoms with E-state index in [1.807, 2.05) is 0 Å². The Morgan fingerprint density at radius 1 is 1.50 bits per heavy atom. The number of hydrogen-bond donors (Lipinski definition) is 1. The van der Waals surface area contributed by atoms with E-state index in [1.165, 1.54) is 38.6 Å². The lowest BCUT2D eigenvalue weighted by Crippen LogP contribution is -2.58. The van der Waals surface area contributed by atoms with Gasteiger partial charge in [-0.05, 0) is 45.7 Å². The smallest absolute Gasteiger partial charge is 0.0221 e. The Morgan fingerprint density at radius 3 is 2.75 bits per heavy atom. The highest BCUT2D eigenvalue weighted by atomic mass is 31.0. The number of rotatable bonds is 1. The van der Waals surface area contributed by atoms with E-state index in [4.69, 9.17) is 0 Å². The quantitative estimate of drug-likeness (QED) is 0.622. The third-order valence-electron chi connectivity index (χ3n) is 3.77. The van der Waals surface area contributed by atoms with Crippen molar-refractivity contribution in [1.82, 2.24) is 9.99 Å². The Kier molecular flexibility index (Phi) is 2.42. The molecule has 0 radical (unpaired) electrons. The molecular formula is C9H19N2P. The molecule has 2 unspecified atom stereocenters. The van der Waals surface area contributed by atoms with E-state index in [2.05, 4.69) is 26.4 Å². The third-order valence-corrected chi connectivity index (χ3v) is 4.24. The number of nitrogens with one attached hydrogen (secondary N) is 1. The lowest BCUT2D eigenvalue weighted by Gasteiger charge is -2.54. The predicted molar refractivity (Wildman–Crippen MR) is 55.1 cm³/mol. The van der Waals surface area contributed by atoms with Crippen LogP contribution in [-0.4, -0.2) is 30.1 Å². The van der Waals surface area contributed by atoms with E-state index < -0.39 is 0 Å². The summed E-state index contributed by atoms with van der Waals surface area (Å²) in [5.74, 6) is 0. The molecule has 0 bridgehead atoms. The Morgan fingerprint density at radius 2 is 2.25 bits per heavy atom. The van der Waals surface area contributed by atoms with Gasteiger partial charge in [0.15, 0.2) is 0 Å². The molecule has 1 spiro atoms. The van der Waals surface area contributed by atoms with Crippen molar-refractivity contribution in [1.29, 1.82) is 0 Å². The van der Waals surface area contributed by atoms with Gasteiger partial charge < -0.3 is 4.90 Å². The first-order valence-corrected chi connectivity index (χ1v) is 5.52. The summed E-state index contributed by atoms with van der Waals surface area (Å²) in [6, 6.07) is 0.742. The van der Waals surface area contributed by atoms with Crippen molar-refractivity contribution in [2.24, 2.45) is 0 Å². The maximum Gasteiger partial charge on any atom is 0.0221 e. The van der Waals surface area contributed by atoms with Crippen LogP contribution in [-0.2, 0) is 0 Å². The van der Waals surface area contributed by atoms with Crippen LogP contribution in [0.3, 0.4) is 0 Å². The van der Waals surface area contributed by atoms with Gasteiger partial charge in [0, 0.05) is 11.6 Å². The van der Waals surface area contributed by atoms with E-state index in [1.54, 1.807) is 0 Å². The highest BCUT2D eigenvalue weighted by Gasteiger charge is 2.44. The van der Waals surface area contributed by atoms with Crippen LogP contribution < -0.4 is 5.09 Å². The lowest BCUT2D eigenvalue weighted by molar-refractivity contribution is -0.00556. The van der Waals surface area contributed by atoms with Gasteiger partial charge in [0.25, 0.3) is 0 Å². The second kappa shape index (κ2) is 3.25. The zero-order valence-corrected chi connectivity index (χ0v) is 9.00. The van der Waals surface area contributed by atoms with Crippen LogP contribution in [0.2, 0.25) is 0 Å². The van der Waals surface area contributed by atoms with Gasteiger partial charge in [0.05, 0.1) is 0 Å². The Balaban J connectivity index is 2.00. The Bertz CT molecular complexity index is 168. The molecule has 0 aromatic rings. The first kappa shape index (κ1) is 8.93. The van der Waals surface area contributed by atoms with Crippen LogP contribution in [0.1, 0.15) is 32.1 Å². The fraction of sp³-hybridized carbons (Fsp3) is 1.00. The molecule has 1 heterocycles. The molecule has 2 rings (SSSR count). The molecule has 1 saturated carbocycles. The van der Waals surface area contributed by atoms with Gasteiger partial charge in [-0.15, -0.1) is 0 Å². The van der Waals surface area contributed by atoms with Crippen LogP contribution in [0.5, 0.6) is 0 Å². The average molecular weight is 186 g/mol. The van der Waals surface area contributed by atoms with Crippen molar-refractivity contribution in [3.8, 4) is 0 Å². The van der Waals surface area contributed by atoms with Gasteiger partial charge >= 0.3 is 0 Å². The highest BCUT2D eigenvalue weighted by Crippen LogP contribution is 2.43. The van der Waals surface area contributed by atoms with E-state index in [-0.39, 0.29) is 0 Å². The fourth-order valence-corrected chi connectivity index (χ4v) is 2.90. The van der Waals surface area contributed by atoms with Crippen LogP contribution in [0.15, 0.2) is 0 Å². The minimum absolute atomic E-state index is 0.590. The largest absolute Gasteiger partial charge is 0.301 e. The van der Waals surface area contributed by atoms with Crippen molar-refractivity contribution in [2.45, 2.75) is 43.7 Å². The summed E-state index contributed by atoms with van der Waals surface area (Å²) >= 11 is 0. The zero-order chi connectivity index (χ0) is 8.60. The maximum absolute atomic E-state index is 3.34. The Hall–Kier alpha value is 0.350. The lowest BCUT2D eigenvalue weighted by atomic mass is 9.69. The summed E-state index contributed by atoms with van der Waals surface area (Å²) in [5, 5.41) is 3.34. The highest BCUT2D eigenvalue weighted by molar-refractivity contribution is 7.13. The van der Waals surface area contributed by atoms with Crippen LogP contribution in [0.25, 0.3) is 0 Å². The predicted octanol–water partition coefficient (Wildman–Crippen LogP) is 1.38. The standard InChI is InChI=1S/C9H19N2P/c1-11-6-3-8(10-12)7-9(11)4-2-5-9/h8,10H,2-7,12H2,1H3. The van der Waals surface area contributed by atoms with Gasteiger partial charge in [-0.2, -0.15) is 0 Å². The number of hydrogen-bond acceptors (Lipinski definition) is 2. The van der Waals surface area contributed by atoms with Crippen LogP contribution >= 0.6 is 9.39 Å². The van der Waals surface area contributed by atoms with Crippen molar-refractivity contribution < 1.29 is 0 Å². The van der Waals surface area contributed by atoms with E-state index in [0.717, 1.165) is 6.04 Å². The first-order valence-electron chi connectivity index (χ1n) is 4.94. The van der Waals surface area contributed by atoms with Crippen LogP contribution in [0, 0.1) is 0 Å². The molecule has 1 N–H and O–H groups in total. The van der Waals surface area contributed by atoms with E-state index in [9.17, 15) is 0 Å². The maximum atomic E-state index is 3.34. The summed E-state index contributed by atoms with van der Waals surface area (Å²) in [6.45, 7) is 1.27. The zero-order valence-electron chi connectivity index (χ0n) is 7.84. The van der Waals surface area contributed by atoms with Gasteiger partial charge in [-0.25, -0.2) is 0 Å². The molecule has 2 aliphatic rings. The molecule has 0 aromatic heterocycles. The topological polar surface area (TPSA) is 15.3 Å². The minimum Gasteiger partial charge on any atom is -0.301 e. The first-order chi connectivity index (χ1) is 5.77. The van der Waals surface area contributed by atoms with Crippen molar-refractivity contribution in [3.05, 3.63) is 0 Å². The molecular weight excluding hydrogens is 167 g/mol. The van der Waals surface area contributed by atoms with Crippen molar-refractivity contribution >= 4 is 9.39 Å². The van der Waals surface area contributed by atoms with E-state index >= 15 is 0 Å². The molecule has 0 amide bonds. The molecule has 3 heteroatoms. The summed E-state index contributed by atoms with van der Waals surface area (Å²) in [4.78, 5) is 2.58. The molecule has 1 saturated heterocycles. The van der Waals surface area contributed by atoms with Gasteiger partial charge in [-0.1, -0.05) is 9.39 Å². The summed E-state index contributed by atoms with van der Waals surface area (Å²) in [5.41, 5.74) is 0.590. The number of nitrogens with zero attached hydrogens (tertiary/aromatic N) is 1. The molecule has 1 aliphatic carbocycles. The van der Waals surface area contributed by atoms with Gasteiger partial charge in [-0.3, -0.25) is 5.09 Å². The van der Waals surface area contributed by atoms with Gasteiger partial charge in [0.2, 0.25) is 0 Å². The SMILES string of the molecule is CN1CCC(NP)CC12CCC2. The average Bonchev–Trinajstić information content (AvgIpc) is 2.03. The summed E-state index contributed by atoms with van der Waals surface area (Å²) in [7, 11) is 4.95. The fourth-order valence-electron chi connectivity index (χ4n) is 2.62. The van der Waals surface area contributed by atoms with Gasteiger partial charge in [0.1, 0.15) is 0 Å².